The van der Waals surface area contributed by atoms with Crippen molar-refractivity contribution in [3.63, 3.8) is 0 Å². The van der Waals surface area contributed by atoms with Crippen LogP contribution in [-0.2, 0) is 0 Å². The standard InChI is InChI=1S/C7H14.4Te/c1-2-4-6-7-5-3-1;;;;/h1-7H2;;;;. The smallest absolute Gasteiger partial charge is 0 e. The van der Waals surface area contributed by atoms with E-state index in [1.807, 2.05) is 0 Å². The Morgan fingerprint density at radius 2 is 0.364 bits per heavy atom. The number of rotatable bonds is 0. The minimum absolute atomic E-state index is 0. The van der Waals surface area contributed by atoms with Crippen LogP contribution < -0.4 is 0 Å². The van der Waals surface area contributed by atoms with Crippen LogP contribution >= 0.6 is 0 Å². The third-order valence-corrected chi connectivity index (χ3v) is 1.75. The van der Waals surface area contributed by atoms with E-state index in [9.17, 15) is 0 Å². The Kier molecular flexibility index (Phi) is 40.7. The van der Waals surface area contributed by atoms with Crippen LogP contribution in [-0.4, -0.2) is 94.7 Å². The maximum Gasteiger partial charge on any atom is 0 e. The van der Waals surface area contributed by atoms with Gasteiger partial charge in [-0.3, -0.25) is 0 Å². The fourth-order valence-corrected chi connectivity index (χ4v) is 1.24. The van der Waals surface area contributed by atoms with Gasteiger partial charge in [0.2, 0.25) is 0 Å². The van der Waals surface area contributed by atoms with Crippen molar-refractivity contribution >= 4 is 94.7 Å². The van der Waals surface area contributed by atoms with Gasteiger partial charge >= 0.3 is 0 Å². The zero-order chi connectivity index (χ0) is 4.95. The second-order valence-electron chi connectivity index (χ2n) is 2.47. The Morgan fingerprint density at radius 1 is 0.273 bits per heavy atom. The summed E-state index contributed by atoms with van der Waals surface area (Å²) in [6.07, 6.45) is 10.5. The van der Waals surface area contributed by atoms with Gasteiger partial charge in [0.25, 0.3) is 0 Å². The molecule has 0 aromatic heterocycles. The third-order valence-electron chi connectivity index (χ3n) is 1.75. The zero-order valence-electron chi connectivity index (χ0n) is 6.58. The molecule has 1 saturated carbocycles. The summed E-state index contributed by atoms with van der Waals surface area (Å²) in [6.45, 7) is 0. The summed E-state index contributed by atoms with van der Waals surface area (Å²) >= 11 is 0. The Morgan fingerprint density at radius 3 is 0.455 bits per heavy atom. The summed E-state index contributed by atoms with van der Waals surface area (Å²) in [4.78, 5) is 0. The van der Waals surface area contributed by atoms with Crippen LogP contribution in [0.4, 0.5) is 0 Å². The van der Waals surface area contributed by atoms with E-state index in [1.165, 1.54) is 44.9 Å². The molecule has 1 fully saturated rings. The Balaban J connectivity index is -0.0000000612. The summed E-state index contributed by atoms with van der Waals surface area (Å²) in [7, 11) is 0. The Bertz CT molecular complexity index is 30.1. The molecule has 11 heavy (non-hydrogen) atoms. The summed E-state index contributed by atoms with van der Waals surface area (Å²) in [5.74, 6) is 0. The first-order valence-corrected chi connectivity index (χ1v) is 3.50. The van der Waals surface area contributed by atoms with E-state index in [-0.39, 0.29) is 94.7 Å². The van der Waals surface area contributed by atoms with Gasteiger partial charge in [0, 0.05) is 94.7 Å². The second-order valence-corrected chi connectivity index (χ2v) is 2.47. The zero-order valence-corrected chi connectivity index (χ0v) is 15.9. The van der Waals surface area contributed by atoms with Gasteiger partial charge < -0.3 is 0 Å². The molecule has 4 heteroatoms. The topological polar surface area (TPSA) is 0 Å². The molecule has 1 aliphatic carbocycles. The third kappa shape index (κ3) is 15.9. The van der Waals surface area contributed by atoms with Crippen LogP contribution in [0.3, 0.4) is 0 Å². The molecule has 0 aromatic rings. The van der Waals surface area contributed by atoms with Crippen LogP contribution in [0.15, 0.2) is 0 Å². The van der Waals surface area contributed by atoms with Gasteiger partial charge in [0.15, 0.2) is 0 Å². The van der Waals surface area contributed by atoms with Crippen molar-refractivity contribution in [1.82, 2.24) is 0 Å². The first-order chi connectivity index (χ1) is 3.50. The Labute approximate surface area is 137 Å². The molecule has 0 saturated heterocycles. The molecule has 1 rings (SSSR count). The van der Waals surface area contributed by atoms with Crippen LogP contribution in [0, 0.1) is 0 Å². The molecular weight excluding hydrogens is 594 g/mol. The SMILES string of the molecule is C1CCCCCC1.[Te].[Te].[Te].[Te]. The molecular formula is C7H14Te4. The fourth-order valence-electron chi connectivity index (χ4n) is 1.24. The van der Waals surface area contributed by atoms with E-state index in [4.69, 9.17) is 0 Å². The molecule has 0 amide bonds. The van der Waals surface area contributed by atoms with Crippen molar-refractivity contribution in [2.24, 2.45) is 0 Å². The predicted molar refractivity (Wildman–Crippen MR) is 55.3 cm³/mol. The van der Waals surface area contributed by atoms with Gasteiger partial charge in [0.05, 0.1) is 0 Å². The first-order valence-electron chi connectivity index (χ1n) is 3.50. The largest absolute Gasteiger partial charge is 0.0533 e. The molecule has 0 aliphatic heterocycles. The summed E-state index contributed by atoms with van der Waals surface area (Å²) in [5.41, 5.74) is 0. The number of hydrogen-bond acceptors (Lipinski definition) is 0. The molecule has 0 N–H and O–H groups in total. The van der Waals surface area contributed by atoms with E-state index in [2.05, 4.69) is 0 Å². The predicted octanol–water partition coefficient (Wildman–Crippen LogP) is 1.21. The summed E-state index contributed by atoms with van der Waals surface area (Å²) < 4.78 is 0. The molecule has 8 radical (unpaired) electrons. The molecule has 0 heterocycles. The van der Waals surface area contributed by atoms with Gasteiger partial charge in [-0.15, -0.1) is 0 Å². The van der Waals surface area contributed by atoms with Crippen molar-refractivity contribution in [3.8, 4) is 0 Å². The van der Waals surface area contributed by atoms with Gasteiger partial charge in [0.1, 0.15) is 0 Å². The number of hydrogen-bond donors (Lipinski definition) is 0. The molecule has 0 bridgehead atoms. The van der Waals surface area contributed by atoms with E-state index in [1.54, 1.807) is 0 Å². The van der Waals surface area contributed by atoms with Gasteiger partial charge in [-0.1, -0.05) is 44.9 Å². The van der Waals surface area contributed by atoms with E-state index >= 15 is 0 Å². The van der Waals surface area contributed by atoms with Gasteiger partial charge in [-0.05, 0) is 0 Å². The Hall–Kier alpha value is 3.16. The fraction of sp³-hybridized carbons (Fsp3) is 1.00. The molecule has 0 aromatic carbocycles. The maximum atomic E-state index is 1.50. The molecule has 66 valence electrons. The van der Waals surface area contributed by atoms with Gasteiger partial charge in [-0.2, -0.15) is 0 Å². The summed E-state index contributed by atoms with van der Waals surface area (Å²) in [5, 5.41) is 0. The van der Waals surface area contributed by atoms with Crippen LogP contribution in [0.1, 0.15) is 44.9 Å². The summed E-state index contributed by atoms with van der Waals surface area (Å²) in [6, 6.07) is 0. The van der Waals surface area contributed by atoms with Gasteiger partial charge in [-0.25, -0.2) is 0 Å². The average Bonchev–Trinajstić information content (AvgIpc) is 1.90. The first kappa shape index (κ1) is 23.8. The maximum absolute atomic E-state index is 1.50. The minimum Gasteiger partial charge on any atom is -0.0533 e. The average molecular weight is 609 g/mol. The molecule has 0 atom stereocenters. The van der Waals surface area contributed by atoms with E-state index in [0.717, 1.165) is 0 Å². The van der Waals surface area contributed by atoms with Crippen LogP contribution in [0.5, 0.6) is 0 Å². The normalized spacial score (nSPS) is 15.3. The van der Waals surface area contributed by atoms with Crippen LogP contribution in [0.25, 0.3) is 0 Å². The van der Waals surface area contributed by atoms with Crippen molar-refractivity contribution in [1.29, 1.82) is 0 Å². The monoisotopic (exact) mass is 618 g/mol. The van der Waals surface area contributed by atoms with Crippen LogP contribution in [0.2, 0.25) is 0 Å². The second kappa shape index (κ2) is 18.8. The van der Waals surface area contributed by atoms with E-state index < -0.39 is 0 Å². The van der Waals surface area contributed by atoms with Crippen molar-refractivity contribution in [2.45, 2.75) is 44.9 Å². The molecule has 0 unspecified atom stereocenters. The molecule has 0 spiro atoms. The van der Waals surface area contributed by atoms with E-state index in [0.29, 0.717) is 0 Å². The van der Waals surface area contributed by atoms with Crippen molar-refractivity contribution < 1.29 is 0 Å². The minimum atomic E-state index is 0. The van der Waals surface area contributed by atoms with Crippen molar-refractivity contribution in [3.05, 3.63) is 0 Å². The van der Waals surface area contributed by atoms with Crippen molar-refractivity contribution in [2.75, 3.05) is 0 Å². The quantitative estimate of drug-likeness (QED) is 0.287. The molecule has 0 nitrogen and oxygen atoms in total. The molecule has 1 aliphatic rings.